The van der Waals surface area contributed by atoms with Crippen LogP contribution in [-0.4, -0.2) is 29.2 Å². The molecule has 0 bridgehead atoms. The van der Waals surface area contributed by atoms with Gasteiger partial charge in [-0.1, -0.05) is 39.8 Å². The van der Waals surface area contributed by atoms with Crippen molar-refractivity contribution in [3.63, 3.8) is 0 Å². The maximum absolute atomic E-state index is 5.25. The number of hydrogen-bond acceptors (Lipinski definition) is 4. The average Bonchev–Trinajstić information content (AvgIpc) is 2.81. The van der Waals surface area contributed by atoms with Crippen LogP contribution in [0.15, 0.2) is 9.52 Å². The van der Waals surface area contributed by atoms with Crippen molar-refractivity contribution in [2.45, 2.75) is 53.5 Å². The van der Waals surface area contributed by atoms with E-state index in [2.05, 4.69) is 39.6 Å². The molecule has 0 fully saturated rings. The van der Waals surface area contributed by atoms with Gasteiger partial charge in [-0.05, 0) is 12.8 Å². The molecule has 0 aromatic carbocycles. The van der Waals surface area contributed by atoms with Crippen molar-refractivity contribution in [3.8, 4) is 0 Å². The molecule has 0 atom stereocenters. The zero-order valence-electron chi connectivity index (χ0n) is 13.4. The molecule has 6 nitrogen and oxygen atoms in total. The summed E-state index contributed by atoms with van der Waals surface area (Å²) < 4.78 is 5.25. The summed E-state index contributed by atoms with van der Waals surface area (Å²) in [4.78, 5) is 8.83. The Bertz CT molecular complexity index is 431. The SMILES string of the molecule is CCNC(=NCc1noc(C(C)(C)C)n1)NCC(C)C. The predicted octanol–water partition coefficient (Wildman–Crippen LogP) is 2.08. The fraction of sp³-hybridized carbons (Fsp3) is 0.786. The van der Waals surface area contributed by atoms with Crippen LogP contribution in [0.25, 0.3) is 0 Å². The van der Waals surface area contributed by atoms with Crippen molar-refractivity contribution >= 4 is 5.96 Å². The molecule has 0 saturated carbocycles. The Hall–Kier alpha value is -1.59. The van der Waals surface area contributed by atoms with Crippen LogP contribution in [0.1, 0.15) is 53.3 Å². The van der Waals surface area contributed by atoms with Crippen LogP contribution in [0, 0.1) is 5.92 Å². The van der Waals surface area contributed by atoms with Crippen LogP contribution in [-0.2, 0) is 12.0 Å². The van der Waals surface area contributed by atoms with E-state index < -0.39 is 0 Å². The average molecular weight is 281 g/mol. The molecule has 1 aromatic rings. The van der Waals surface area contributed by atoms with Crippen LogP contribution in [0.2, 0.25) is 0 Å². The van der Waals surface area contributed by atoms with Crippen molar-refractivity contribution in [2.75, 3.05) is 13.1 Å². The first-order chi connectivity index (χ1) is 9.32. The number of nitrogens with one attached hydrogen (secondary N) is 2. The van der Waals surface area contributed by atoms with Crippen molar-refractivity contribution < 1.29 is 4.52 Å². The number of guanidine groups is 1. The zero-order chi connectivity index (χ0) is 15.2. The molecule has 0 aliphatic heterocycles. The molecule has 0 spiro atoms. The third-order valence-corrected chi connectivity index (χ3v) is 2.51. The Morgan fingerprint density at radius 3 is 2.50 bits per heavy atom. The Morgan fingerprint density at radius 2 is 2.00 bits per heavy atom. The Labute approximate surface area is 121 Å². The van der Waals surface area contributed by atoms with E-state index >= 15 is 0 Å². The molecule has 0 amide bonds. The smallest absolute Gasteiger partial charge is 0.232 e. The molecule has 0 aliphatic carbocycles. The molecule has 0 aliphatic rings. The second kappa shape index (κ2) is 7.26. The predicted molar refractivity (Wildman–Crippen MR) is 80.7 cm³/mol. The summed E-state index contributed by atoms with van der Waals surface area (Å²) in [6, 6.07) is 0. The molecule has 2 N–H and O–H groups in total. The number of hydrogen-bond donors (Lipinski definition) is 2. The molecule has 1 aromatic heterocycles. The summed E-state index contributed by atoms with van der Waals surface area (Å²) in [6.07, 6.45) is 0. The lowest BCUT2D eigenvalue weighted by Crippen LogP contribution is -2.39. The maximum atomic E-state index is 5.25. The monoisotopic (exact) mass is 281 g/mol. The van der Waals surface area contributed by atoms with E-state index in [1.807, 2.05) is 27.7 Å². The van der Waals surface area contributed by atoms with E-state index in [1.54, 1.807) is 0 Å². The maximum Gasteiger partial charge on any atom is 0.232 e. The van der Waals surface area contributed by atoms with Gasteiger partial charge in [-0.2, -0.15) is 4.98 Å². The minimum Gasteiger partial charge on any atom is -0.357 e. The third-order valence-electron chi connectivity index (χ3n) is 2.51. The molecule has 114 valence electrons. The van der Waals surface area contributed by atoms with Gasteiger partial charge in [0.25, 0.3) is 0 Å². The molecule has 0 unspecified atom stereocenters. The van der Waals surface area contributed by atoms with Crippen molar-refractivity contribution in [1.29, 1.82) is 0 Å². The van der Waals surface area contributed by atoms with E-state index in [4.69, 9.17) is 4.52 Å². The first-order valence-corrected chi connectivity index (χ1v) is 7.18. The highest BCUT2D eigenvalue weighted by Crippen LogP contribution is 2.19. The van der Waals surface area contributed by atoms with Crippen molar-refractivity contribution in [3.05, 3.63) is 11.7 Å². The van der Waals surface area contributed by atoms with Gasteiger partial charge in [0.05, 0.1) is 0 Å². The molecule has 6 heteroatoms. The van der Waals surface area contributed by atoms with Gasteiger partial charge in [0.15, 0.2) is 11.8 Å². The van der Waals surface area contributed by atoms with E-state index in [0.29, 0.717) is 24.2 Å². The molecule has 0 radical (unpaired) electrons. The van der Waals surface area contributed by atoms with Gasteiger partial charge in [-0.15, -0.1) is 0 Å². The molecular weight excluding hydrogens is 254 g/mol. The summed E-state index contributed by atoms with van der Waals surface area (Å²) in [5.74, 6) is 2.60. The highest BCUT2D eigenvalue weighted by molar-refractivity contribution is 5.79. The van der Waals surface area contributed by atoms with Crippen LogP contribution < -0.4 is 10.6 Å². The van der Waals surface area contributed by atoms with Gasteiger partial charge in [-0.3, -0.25) is 0 Å². The van der Waals surface area contributed by atoms with Crippen LogP contribution in [0.3, 0.4) is 0 Å². The quantitative estimate of drug-likeness (QED) is 0.638. The third kappa shape index (κ3) is 5.59. The van der Waals surface area contributed by atoms with Gasteiger partial charge in [0.2, 0.25) is 5.89 Å². The summed E-state index contributed by atoms with van der Waals surface area (Å²) >= 11 is 0. The Balaban J connectivity index is 2.64. The van der Waals surface area contributed by atoms with Crippen LogP contribution >= 0.6 is 0 Å². The van der Waals surface area contributed by atoms with Gasteiger partial charge >= 0.3 is 0 Å². The first kappa shape index (κ1) is 16.5. The van der Waals surface area contributed by atoms with E-state index in [-0.39, 0.29) is 5.41 Å². The Kier molecular flexibility index (Phi) is 5.98. The summed E-state index contributed by atoms with van der Waals surface area (Å²) in [5.41, 5.74) is -0.130. The number of rotatable bonds is 5. The highest BCUT2D eigenvalue weighted by atomic mass is 16.5. The summed E-state index contributed by atoms with van der Waals surface area (Å²) in [6.45, 7) is 14.6. The topological polar surface area (TPSA) is 75.3 Å². The lowest BCUT2D eigenvalue weighted by Gasteiger charge is -2.12. The summed E-state index contributed by atoms with van der Waals surface area (Å²) in [5, 5.41) is 10.4. The fourth-order valence-corrected chi connectivity index (χ4v) is 1.42. The van der Waals surface area contributed by atoms with Crippen LogP contribution in [0.5, 0.6) is 0 Å². The van der Waals surface area contributed by atoms with Crippen LogP contribution in [0.4, 0.5) is 0 Å². The van der Waals surface area contributed by atoms with E-state index in [0.717, 1.165) is 19.0 Å². The normalized spacial score (nSPS) is 12.8. The lowest BCUT2D eigenvalue weighted by molar-refractivity contribution is 0.318. The highest BCUT2D eigenvalue weighted by Gasteiger charge is 2.21. The largest absolute Gasteiger partial charge is 0.357 e. The zero-order valence-corrected chi connectivity index (χ0v) is 13.4. The fourth-order valence-electron chi connectivity index (χ4n) is 1.42. The minimum absolute atomic E-state index is 0.130. The molecule has 20 heavy (non-hydrogen) atoms. The number of aromatic nitrogens is 2. The van der Waals surface area contributed by atoms with E-state index in [9.17, 15) is 0 Å². The standard InChI is InChI=1S/C14H27N5O/c1-7-15-13(16-8-10(2)3)17-9-11-18-12(20-19-11)14(4,5)6/h10H,7-9H2,1-6H3,(H2,15,16,17). The van der Waals surface area contributed by atoms with Crippen molar-refractivity contribution in [1.82, 2.24) is 20.8 Å². The minimum atomic E-state index is -0.130. The van der Waals surface area contributed by atoms with Gasteiger partial charge in [0, 0.05) is 18.5 Å². The number of aliphatic imine (C=N–C) groups is 1. The lowest BCUT2D eigenvalue weighted by atomic mass is 9.97. The first-order valence-electron chi connectivity index (χ1n) is 7.18. The second-order valence-corrected chi connectivity index (χ2v) is 6.24. The number of nitrogens with zero attached hydrogens (tertiary/aromatic N) is 3. The van der Waals surface area contributed by atoms with Gasteiger partial charge in [0.1, 0.15) is 6.54 Å². The van der Waals surface area contributed by atoms with Crippen molar-refractivity contribution in [2.24, 2.45) is 10.9 Å². The molecular formula is C14H27N5O. The Morgan fingerprint density at radius 1 is 1.30 bits per heavy atom. The molecule has 1 rings (SSSR count). The second-order valence-electron chi connectivity index (χ2n) is 6.24. The van der Waals surface area contributed by atoms with E-state index in [1.165, 1.54) is 0 Å². The van der Waals surface area contributed by atoms with Gasteiger partial charge < -0.3 is 15.2 Å². The molecule has 1 heterocycles. The summed E-state index contributed by atoms with van der Waals surface area (Å²) in [7, 11) is 0. The van der Waals surface area contributed by atoms with Gasteiger partial charge in [-0.25, -0.2) is 4.99 Å². The molecule has 0 saturated heterocycles.